The number of aromatic nitrogens is 2. The molecule has 0 atom stereocenters. The van der Waals surface area contributed by atoms with Crippen LogP contribution in [0.1, 0.15) is 69.3 Å². The zero-order valence-corrected chi connectivity index (χ0v) is 20.2. The molecule has 0 spiro atoms. The summed E-state index contributed by atoms with van der Waals surface area (Å²) in [4.78, 5) is 8.93. The number of hydrogen-bond donors (Lipinski definition) is 0. The fourth-order valence-electron chi connectivity index (χ4n) is 4.19. The van der Waals surface area contributed by atoms with Crippen LogP contribution in [0.5, 0.6) is 5.75 Å². The largest absolute Gasteiger partial charge is 0.486 e. The average molecular weight is 461 g/mol. The smallest absolute Gasteiger partial charge is 0.183 e. The van der Waals surface area contributed by atoms with Gasteiger partial charge in [0.25, 0.3) is 0 Å². The normalized spacial score (nSPS) is 18.0. The van der Waals surface area contributed by atoms with E-state index in [-0.39, 0.29) is 6.29 Å². The lowest BCUT2D eigenvalue weighted by molar-refractivity contribution is -0.206. The first-order valence-corrected chi connectivity index (χ1v) is 12.6. The summed E-state index contributed by atoms with van der Waals surface area (Å²) in [5, 5.41) is 0. The Morgan fingerprint density at radius 3 is 2.21 bits per heavy atom. The van der Waals surface area contributed by atoms with Gasteiger partial charge in [-0.3, -0.25) is 0 Å². The molecule has 5 nitrogen and oxygen atoms in total. The van der Waals surface area contributed by atoms with Crippen LogP contribution in [0.25, 0.3) is 11.4 Å². The van der Waals surface area contributed by atoms with Crippen molar-refractivity contribution in [3.05, 3.63) is 78.1 Å². The molecule has 1 aliphatic rings. The van der Waals surface area contributed by atoms with Gasteiger partial charge in [-0.1, -0.05) is 100 Å². The number of hydrogen-bond acceptors (Lipinski definition) is 5. The maximum atomic E-state index is 6.03. The van der Waals surface area contributed by atoms with Crippen LogP contribution >= 0.6 is 0 Å². The molecule has 0 unspecified atom stereocenters. The molecule has 0 saturated carbocycles. The van der Waals surface area contributed by atoms with Gasteiger partial charge >= 0.3 is 0 Å². The Morgan fingerprint density at radius 2 is 1.50 bits per heavy atom. The van der Waals surface area contributed by atoms with E-state index in [1.807, 2.05) is 54.6 Å². The van der Waals surface area contributed by atoms with E-state index in [1.165, 1.54) is 44.9 Å². The van der Waals surface area contributed by atoms with Crippen LogP contribution in [0, 0.1) is 5.92 Å². The van der Waals surface area contributed by atoms with Gasteiger partial charge in [-0.2, -0.15) is 0 Å². The third-order valence-electron chi connectivity index (χ3n) is 6.25. The first-order valence-electron chi connectivity index (χ1n) is 12.6. The van der Waals surface area contributed by atoms with Crippen LogP contribution in [-0.2, 0) is 16.1 Å². The second kappa shape index (κ2) is 13.2. The van der Waals surface area contributed by atoms with Crippen molar-refractivity contribution >= 4 is 0 Å². The Balaban J connectivity index is 1.21. The molecule has 3 aromatic rings. The lowest BCUT2D eigenvalue weighted by Gasteiger charge is -2.29. The van der Waals surface area contributed by atoms with Crippen molar-refractivity contribution in [1.29, 1.82) is 0 Å². The van der Waals surface area contributed by atoms with Gasteiger partial charge in [0.05, 0.1) is 25.6 Å². The van der Waals surface area contributed by atoms with Crippen molar-refractivity contribution in [2.24, 2.45) is 5.92 Å². The predicted molar refractivity (Wildman–Crippen MR) is 134 cm³/mol. The van der Waals surface area contributed by atoms with Crippen molar-refractivity contribution in [1.82, 2.24) is 9.97 Å². The van der Waals surface area contributed by atoms with E-state index in [0.29, 0.717) is 24.1 Å². The highest BCUT2D eigenvalue weighted by Gasteiger charge is 2.23. The molecular weight excluding hydrogens is 424 g/mol. The van der Waals surface area contributed by atoms with Gasteiger partial charge in [0.1, 0.15) is 6.61 Å². The van der Waals surface area contributed by atoms with Crippen molar-refractivity contribution in [3.8, 4) is 17.1 Å². The SMILES string of the molecule is CCCCCCCC[C@H]1CO[C@H](c2ccc(-c3ncc(OCc4ccccc4)cn3)cc2)OC1. The van der Waals surface area contributed by atoms with Gasteiger partial charge in [0.15, 0.2) is 17.9 Å². The van der Waals surface area contributed by atoms with Crippen LogP contribution in [0.4, 0.5) is 0 Å². The molecule has 2 heterocycles. The Kier molecular flexibility index (Phi) is 9.47. The van der Waals surface area contributed by atoms with E-state index in [0.717, 1.165) is 29.9 Å². The van der Waals surface area contributed by atoms with Crippen LogP contribution in [-0.4, -0.2) is 23.2 Å². The second-order valence-electron chi connectivity index (χ2n) is 9.06. The summed E-state index contributed by atoms with van der Waals surface area (Å²) < 4.78 is 17.8. The summed E-state index contributed by atoms with van der Waals surface area (Å²) in [5.41, 5.74) is 3.10. The van der Waals surface area contributed by atoms with Gasteiger partial charge < -0.3 is 14.2 Å². The third-order valence-corrected chi connectivity index (χ3v) is 6.25. The second-order valence-corrected chi connectivity index (χ2v) is 9.06. The molecule has 1 aromatic heterocycles. The summed E-state index contributed by atoms with van der Waals surface area (Å²) in [7, 11) is 0. The summed E-state index contributed by atoms with van der Waals surface area (Å²) in [6.45, 7) is 4.30. The molecule has 0 N–H and O–H groups in total. The molecule has 5 heteroatoms. The standard InChI is InChI=1S/C29H36N2O3/c1-2-3-4-5-6-8-13-24-21-33-29(34-22-24)26-16-14-25(15-17-26)28-30-18-27(19-31-28)32-20-23-11-9-7-10-12-23/h7,9-12,14-19,24,29H,2-6,8,13,20-22H2,1H3/t24-,29-. The topological polar surface area (TPSA) is 53.5 Å². The quantitative estimate of drug-likeness (QED) is 0.269. The molecule has 180 valence electrons. The molecule has 0 bridgehead atoms. The number of benzene rings is 2. The molecule has 1 aliphatic heterocycles. The van der Waals surface area contributed by atoms with Gasteiger partial charge in [0, 0.05) is 17.0 Å². The molecule has 0 aliphatic carbocycles. The van der Waals surface area contributed by atoms with Crippen molar-refractivity contribution in [2.75, 3.05) is 13.2 Å². The van der Waals surface area contributed by atoms with Crippen LogP contribution in [0.15, 0.2) is 67.0 Å². The number of rotatable bonds is 12. The van der Waals surface area contributed by atoms with Crippen LogP contribution < -0.4 is 4.74 Å². The first kappa shape index (κ1) is 24.4. The minimum atomic E-state index is -0.287. The zero-order valence-electron chi connectivity index (χ0n) is 20.2. The molecule has 34 heavy (non-hydrogen) atoms. The van der Waals surface area contributed by atoms with E-state index in [4.69, 9.17) is 14.2 Å². The van der Waals surface area contributed by atoms with Crippen molar-refractivity contribution < 1.29 is 14.2 Å². The molecule has 1 fully saturated rings. The van der Waals surface area contributed by atoms with E-state index < -0.39 is 0 Å². The monoisotopic (exact) mass is 460 g/mol. The zero-order chi connectivity index (χ0) is 23.4. The number of unbranched alkanes of at least 4 members (excludes halogenated alkanes) is 5. The molecule has 1 saturated heterocycles. The number of nitrogens with zero attached hydrogens (tertiary/aromatic N) is 2. The molecule has 2 aromatic carbocycles. The maximum absolute atomic E-state index is 6.03. The van der Waals surface area contributed by atoms with Gasteiger partial charge in [-0.25, -0.2) is 9.97 Å². The lowest BCUT2D eigenvalue weighted by atomic mass is 10.0. The first-order chi connectivity index (χ1) is 16.8. The maximum Gasteiger partial charge on any atom is 0.183 e. The fourth-order valence-corrected chi connectivity index (χ4v) is 4.19. The van der Waals surface area contributed by atoms with E-state index >= 15 is 0 Å². The van der Waals surface area contributed by atoms with E-state index in [9.17, 15) is 0 Å². The summed E-state index contributed by atoms with van der Waals surface area (Å²) >= 11 is 0. The van der Waals surface area contributed by atoms with Crippen molar-refractivity contribution in [2.45, 2.75) is 64.8 Å². The van der Waals surface area contributed by atoms with Gasteiger partial charge in [-0.15, -0.1) is 0 Å². The third kappa shape index (κ3) is 7.37. The number of ether oxygens (including phenoxy) is 3. The minimum Gasteiger partial charge on any atom is -0.486 e. The van der Waals surface area contributed by atoms with Crippen LogP contribution in [0.2, 0.25) is 0 Å². The van der Waals surface area contributed by atoms with Gasteiger partial charge in [-0.05, 0) is 12.0 Å². The Morgan fingerprint density at radius 1 is 0.824 bits per heavy atom. The molecular formula is C29H36N2O3. The summed E-state index contributed by atoms with van der Waals surface area (Å²) in [6, 6.07) is 18.2. The Labute approximate surface area is 203 Å². The summed E-state index contributed by atoms with van der Waals surface area (Å²) in [5.74, 6) is 1.84. The summed E-state index contributed by atoms with van der Waals surface area (Å²) in [6.07, 6.45) is 12.3. The lowest BCUT2D eigenvalue weighted by Crippen LogP contribution is -2.27. The predicted octanol–water partition coefficient (Wildman–Crippen LogP) is 7.13. The Hall–Kier alpha value is -2.76. The van der Waals surface area contributed by atoms with Gasteiger partial charge in [0.2, 0.25) is 0 Å². The van der Waals surface area contributed by atoms with Crippen molar-refractivity contribution in [3.63, 3.8) is 0 Å². The van der Waals surface area contributed by atoms with E-state index in [1.54, 1.807) is 12.4 Å². The molecule has 4 rings (SSSR count). The highest BCUT2D eigenvalue weighted by Crippen LogP contribution is 2.29. The highest BCUT2D eigenvalue weighted by molar-refractivity contribution is 5.55. The Bertz CT molecular complexity index is 953. The molecule has 0 radical (unpaired) electrons. The van der Waals surface area contributed by atoms with E-state index in [2.05, 4.69) is 16.9 Å². The highest BCUT2D eigenvalue weighted by atomic mass is 16.7. The minimum absolute atomic E-state index is 0.287. The molecule has 0 amide bonds. The fraction of sp³-hybridized carbons (Fsp3) is 0.448. The average Bonchev–Trinajstić information content (AvgIpc) is 2.91. The van der Waals surface area contributed by atoms with Crippen LogP contribution in [0.3, 0.4) is 0 Å².